The van der Waals surface area contributed by atoms with Crippen molar-refractivity contribution >= 4 is 29.5 Å². The molecule has 0 radical (unpaired) electrons. The Hall–Kier alpha value is -2.33. The summed E-state index contributed by atoms with van der Waals surface area (Å²) in [5.41, 5.74) is 9.00. The largest absolute Gasteiger partial charge is 0.370 e. The number of rotatable bonds is 9. The number of unbranched alkanes of at least 4 members (excludes halogenated alkanes) is 1. The van der Waals surface area contributed by atoms with E-state index in [1.165, 1.54) is 5.56 Å². The van der Waals surface area contributed by atoms with E-state index >= 15 is 0 Å². The molecule has 0 atom stereocenters. The van der Waals surface area contributed by atoms with Crippen LogP contribution in [0, 0.1) is 0 Å². The first-order valence-corrected chi connectivity index (χ1v) is 9.37. The van der Waals surface area contributed by atoms with Gasteiger partial charge in [0.2, 0.25) is 12.3 Å². The summed E-state index contributed by atoms with van der Waals surface area (Å²) in [6, 6.07) is 8.26. The Kier molecular flexibility index (Phi) is 9.03. The molecule has 2 amide bonds. The Morgan fingerprint density at radius 1 is 1.19 bits per heavy atom. The summed E-state index contributed by atoms with van der Waals surface area (Å²) in [6.07, 6.45) is 7.80. The van der Waals surface area contributed by atoms with Crippen molar-refractivity contribution in [1.29, 1.82) is 0 Å². The van der Waals surface area contributed by atoms with Gasteiger partial charge in [-0.15, -0.1) is 0 Å². The van der Waals surface area contributed by atoms with Crippen LogP contribution in [0.2, 0.25) is 0 Å². The number of benzene rings is 1. The van der Waals surface area contributed by atoms with Gasteiger partial charge in [-0.05, 0) is 48.5 Å². The number of carbonyl (C=O) groups excluding carboxylic acids is 2. The normalized spacial score (nSPS) is 13.4. The van der Waals surface area contributed by atoms with Crippen LogP contribution >= 0.6 is 11.6 Å². The van der Waals surface area contributed by atoms with Gasteiger partial charge in [0.1, 0.15) is 0 Å². The fourth-order valence-corrected chi connectivity index (χ4v) is 2.60. The van der Waals surface area contributed by atoms with Gasteiger partial charge in [-0.25, -0.2) is 0 Å². The average Bonchev–Trinajstić information content (AvgIpc) is 2.58. The molecule has 0 aliphatic heterocycles. The van der Waals surface area contributed by atoms with Gasteiger partial charge in [0.25, 0.3) is 0 Å². The van der Waals surface area contributed by atoms with E-state index in [0.29, 0.717) is 36.4 Å². The highest BCUT2D eigenvalue weighted by Crippen LogP contribution is 2.27. The summed E-state index contributed by atoms with van der Waals surface area (Å²) in [5, 5.41) is 3.36. The van der Waals surface area contributed by atoms with Crippen LogP contribution in [0.5, 0.6) is 0 Å². The number of allylic oxidation sites excluding steroid dienone is 5. The number of hydrogen-bond acceptors (Lipinski definition) is 2. The molecule has 0 fully saturated rings. The van der Waals surface area contributed by atoms with E-state index in [2.05, 4.69) is 38.2 Å². The number of nitrogens with two attached hydrogens (primary N) is 1. The molecule has 0 spiro atoms. The first-order valence-electron chi connectivity index (χ1n) is 8.99. The minimum Gasteiger partial charge on any atom is -0.370 e. The highest BCUT2D eigenvalue weighted by Gasteiger charge is 2.14. The zero-order valence-corrected chi connectivity index (χ0v) is 17.3. The molecule has 0 aliphatic rings. The van der Waals surface area contributed by atoms with Crippen molar-refractivity contribution in [3.8, 4) is 0 Å². The monoisotopic (exact) mass is 388 g/mol. The molecule has 1 rings (SSSR count). The molecule has 27 heavy (non-hydrogen) atoms. The second-order valence-corrected chi connectivity index (χ2v) is 8.00. The number of nitrogens with one attached hydrogen (secondary N) is 1. The zero-order valence-electron chi connectivity index (χ0n) is 16.5. The average molecular weight is 389 g/mol. The minimum atomic E-state index is -0.318. The molecule has 0 unspecified atom stereocenters. The lowest BCUT2D eigenvalue weighted by atomic mass is 9.86. The molecule has 0 heterocycles. The highest BCUT2D eigenvalue weighted by atomic mass is 35.5. The van der Waals surface area contributed by atoms with Gasteiger partial charge in [0.05, 0.1) is 0 Å². The van der Waals surface area contributed by atoms with E-state index in [1.807, 2.05) is 18.2 Å². The summed E-state index contributed by atoms with van der Waals surface area (Å²) in [6.45, 7) is 8.26. The standard InChI is InChI=1S/C22H29ClN2O2/c1-16(23)9-14-20(25-15-26)19(7-5-6-8-21(24)27)17-10-12-18(13-11-17)22(2,3)4/h7,9-15H,5-6,8H2,1-4H3,(H2,24,27)(H,25,26)/b16-9+,19-7+,20-14-. The Morgan fingerprint density at radius 2 is 1.81 bits per heavy atom. The molecular formula is C22H29ClN2O2. The van der Waals surface area contributed by atoms with Crippen molar-refractivity contribution in [2.75, 3.05) is 0 Å². The van der Waals surface area contributed by atoms with E-state index in [9.17, 15) is 9.59 Å². The third-order valence-corrected chi connectivity index (χ3v) is 4.15. The topological polar surface area (TPSA) is 72.2 Å². The van der Waals surface area contributed by atoms with Gasteiger partial charge in [0, 0.05) is 22.7 Å². The molecule has 1 aromatic rings. The lowest BCUT2D eigenvalue weighted by Gasteiger charge is -2.20. The van der Waals surface area contributed by atoms with Gasteiger partial charge in [-0.1, -0.05) is 62.7 Å². The van der Waals surface area contributed by atoms with Gasteiger partial charge in [0.15, 0.2) is 0 Å². The molecule has 0 saturated heterocycles. The number of primary amides is 1. The molecule has 1 aromatic carbocycles. The molecule has 0 aromatic heterocycles. The maximum atomic E-state index is 11.1. The number of carbonyl (C=O) groups is 2. The van der Waals surface area contributed by atoms with Gasteiger partial charge in [-0.2, -0.15) is 0 Å². The summed E-state index contributed by atoms with van der Waals surface area (Å²) in [5.74, 6) is -0.318. The van der Waals surface area contributed by atoms with Gasteiger partial charge in [-0.3, -0.25) is 9.59 Å². The lowest BCUT2D eigenvalue weighted by Crippen LogP contribution is -2.13. The Labute approximate surface area is 167 Å². The third kappa shape index (κ3) is 8.27. The maximum Gasteiger partial charge on any atom is 0.217 e. The molecule has 0 aliphatic carbocycles. The van der Waals surface area contributed by atoms with Crippen molar-refractivity contribution in [3.05, 3.63) is 64.3 Å². The highest BCUT2D eigenvalue weighted by molar-refractivity contribution is 6.29. The second-order valence-electron chi connectivity index (χ2n) is 7.40. The minimum absolute atomic E-state index is 0.0576. The first-order chi connectivity index (χ1) is 12.6. The lowest BCUT2D eigenvalue weighted by molar-refractivity contribution is -0.118. The smallest absolute Gasteiger partial charge is 0.217 e. The van der Waals surface area contributed by atoms with E-state index < -0.39 is 0 Å². The van der Waals surface area contributed by atoms with Crippen LogP contribution < -0.4 is 11.1 Å². The quantitative estimate of drug-likeness (QED) is 0.362. The van der Waals surface area contributed by atoms with Crippen molar-refractivity contribution in [1.82, 2.24) is 5.32 Å². The molecule has 5 heteroatoms. The van der Waals surface area contributed by atoms with Crippen molar-refractivity contribution in [2.24, 2.45) is 5.73 Å². The summed E-state index contributed by atoms with van der Waals surface area (Å²) in [7, 11) is 0. The SMILES string of the molecule is C\C(Cl)=C/C=C(NC=O)/C(=C/CCCC(N)=O)c1ccc(C(C)(C)C)cc1. The van der Waals surface area contributed by atoms with Crippen LogP contribution in [0.25, 0.3) is 5.57 Å². The van der Waals surface area contributed by atoms with E-state index in [1.54, 1.807) is 19.1 Å². The molecule has 4 nitrogen and oxygen atoms in total. The number of amides is 2. The first kappa shape index (κ1) is 22.7. The molecular weight excluding hydrogens is 360 g/mol. The van der Waals surface area contributed by atoms with E-state index in [4.69, 9.17) is 17.3 Å². The zero-order chi connectivity index (χ0) is 20.4. The van der Waals surface area contributed by atoms with Crippen LogP contribution in [0.1, 0.15) is 58.1 Å². The van der Waals surface area contributed by atoms with Crippen LogP contribution in [0.3, 0.4) is 0 Å². The van der Waals surface area contributed by atoms with Crippen LogP contribution in [0.15, 0.2) is 53.2 Å². The molecule has 0 bridgehead atoms. The van der Waals surface area contributed by atoms with Crippen LogP contribution in [-0.2, 0) is 15.0 Å². The van der Waals surface area contributed by atoms with Crippen molar-refractivity contribution < 1.29 is 9.59 Å². The Bertz CT molecular complexity index is 735. The predicted octanol–water partition coefficient (Wildman–Crippen LogP) is 4.80. The number of hydrogen-bond donors (Lipinski definition) is 2. The fraction of sp³-hybridized carbons (Fsp3) is 0.364. The Balaban J connectivity index is 3.28. The maximum absolute atomic E-state index is 11.1. The molecule has 146 valence electrons. The summed E-state index contributed by atoms with van der Waals surface area (Å²) >= 11 is 5.93. The second kappa shape index (κ2) is 10.7. The van der Waals surface area contributed by atoms with Gasteiger partial charge < -0.3 is 11.1 Å². The fourth-order valence-electron chi connectivity index (χ4n) is 2.53. The summed E-state index contributed by atoms with van der Waals surface area (Å²) < 4.78 is 0. The Morgan fingerprint density at radius 3 is 2.30 bits per heavy atom. The summed E-state index contributed by atoms with van der Waals surface area (Å²) in [4.78, 5) is 22.1. The third-order valence-electron chi connectivity index (χ3n) is 4.02. The van der Waals surface area contributed by atoms with Gasteiger partial charge >= 0.3 is 0 Å². The molecule has 0 saturated carbocycles. The van der Waals surface area contributed by atoms with Crippen molar-refractivity contribution in [2.45, 2.75) is 52.4 Å². The van der Waals surface area contributed by atoms with Crippen LogP contribution in [0.4, 0.5) is 0 Å². The van der Waals surface area contributed by atoms with E-state index in [-0.39, 0.29) is 11.3 Å². The van der Waals surface area contributed by atoms with E-state index in [0.717, 1.165) is 11.1 Å². The predicted molar refractivity (Wildman–Crippen MR) is 113 cm³/mol. The number of halogens is 1. The molecule has 3 N–H and O–H groups in total. The van der Waals surface area contributed by atoms with Crippen molar-refractivity contribution in [3.63, 3.8) is 0 Å². The van der Waals surface area contributed by atoms with Crippen LogP contribution in [-0.4, -0.2) is 12.3 Å².